The molecule has 0 aliphatic carbocycles. The van der Waals surface area contributed by atoms with Crippen LogP contribution in [0.1, 0.15) is 27.0 Å². The molecule has 3 rings (SSSR count). The number of amides is 1. The highest BCUT2D eigenvalue weighted by Crippen LogP contribution is 2.31. The zero-order valence-electron chi connectivity index (χ0n) is 14.5. The molecule has 0 unspecified atom stereocenters. The Kier molecular flexibility index (Phi) is 4.81. The summed E-state index contributed by atoms with van der Waals surface area (Å²) in [4.78, 5) is 17.0. The summed E-state index contributed by atoms with van der Waals surface area (Å²) in [5.41, 5.74) is 5.30. The lowest BCUT2D eigenvalue weighted by Gasteiger charge is -2.37. The molecule has 2 aromatic rings. The van der Waals surface area contributed by atoms with Crippen LogP contribution in [0.25, 0.3) is 0 Å². The van der Waals surface area contributed by atoms with Gasteiger partial charge in [-0.3, -0.25) is 4.79 Å². The maximum Gasteiger partial charge on any atom is 0.254 e. The summed E-state index contributed by atoms with van der Waals surface area (Å²) in [6.07, 6.45) is 0. The van der Waals surface area contributed by atoms with Gasteiger partial charge in [-0.15, -0.1) is 0 Å². The first kappa shape index (κ1) is 16.8. The van der Waals surface area contributed by atoms with Crippen molar-refractivity contribution in [1.82, 2.24) is 4.90 Å². The number of benzene rings is 2. The first-order chi connectivity index (χ1) is 11.5. The quantitative estimate of drug-likeness (QED) is 0.815. The van der Waals surface area contributed by atoms with E-state index in [9.17, 15) is 4.79 Å². The molecule has 0 atom stereocenters. The van der Waals surface area contributed by atoms with Crippen LogP contribution in [-0.4, -0.2) is 37.0 Å². The van der Waals surface area contributed by atoms with Crippen molar-refractivity contribution in [3.63, 3.8) is 0 Å². The Balaban J connectivity index is 1.73. The van der Waals surface area contributed by atoms with E-state index in [1.54, 1.807) is 0 Å². The highest BCUT2D eigenvalue weighted by Gasteiger charge is 2.24. The fourth-order valence-electron chi connectivity index (χ4n) is 3.42. The Morgan fingerprint density at radius 3 is 2.25 bits per heavy atom. The predicted octanol–water partition coefficient (Wildman–Crippen LogP) is 4.23. The van der Waals surface area contributed by atoms with Crippen LogP contribution < -0.4 is 4.90 Å². The molecule has 0 aromatic heterocycles. The summed E-state index contributed by atoms with van der Waals surface area (Å²) in [5.74, 6) is 0.125. The molecule has 0 bridgehead atoms. The molecule has 1 aliphatic rings. The van der Waals surface area contributed by atoms with Gasteiger partial charge in [0.25, 0.3) is 5.91 Å². The minimum absolute atomic E-state index is 0.125. The Morgan fingerprint density at radius 1 is 0.958 bits per heavy atom. The molecule has 1 aliphatic heterocycles. The number of hydrogen-bond acceptors (Lipinski definition) is 2. The first-order valence-electron chi connectivity index (χ1n) is 8.34. The summed E-state index contributed by atoms with van der Waals surface area (Å²) >= 11 is 6.46. The highest BCUT2D eigenvalue weighted by molar-refractivity contribution is 6.33. The van der Waals surface area contributed by atoms with Gasteiger partial charge in [0.15, 0.2) is 0 Å². The summed E-state index contributed by atoms with van der Waals surface area (Å²) in [7, 11) is 0. The topological polar surface area (TPSA) is 23.6 Å². The van der Waals surface area contributed by atoms with Gasteiger partial charge in [-0.2, -0.15) is 0 Å². The van der Waals surface area contributed by atoms with Crippen molar-refractivity contribution in [2.24, 2.45) is 0 Å². The molecule has 3 nitrogen and oxygen atoms in total. The van der Waals surface area contributed by atoms with Crippen molar-refractivity contribution >= 4 is 23.2 Å². The molecule has 0 spiro atoms. The van der Waals surface area contributed by atoms with Crippen molar-refractivity contribution in [3.05, 3.63) is 63.7 Å². The Labute approximate surface area is 148 Å². The van der Waals surface area contributed by atoms with Gasteiger partial charge in [0.1, 0.15) is 0 Å². The standard InChI is InChI=1S/C20H23ClN2O/c1-14-12-16(3)19(18(21)13-14)22-8-10-23(11-9-22)20(24)17-7-5-4-6-15(17)2/h4-7,12-13H,8-11H2,1-3H3. The molecule has 1 heterocycles. The second kappa shape index (κ2) is 6.86. The largest absolute Gasteiger partial charge is 0.367 e. The van der Waals surface area contributed by atoms with E-state index in [4.69, 9.17) is 11.6 Å². The van der Waals surface area contributed by atoms with E-state index in [1.807, 2.05) is 42.2 Å². The van der Waals surface area contributed by atoms with E-state index in [0.29, 0.717) is 0 Å². The number of piperazine rings is 1. The van der Waals surface area contributed by atoms with Crippen molar-refractivity contribution in [2.75, 3.05) is 31.1 Å². The monoisotopic (exact) mass is 342 g/mol. The molecule has 1 fully saturated rings. The lowest BCUT2D eigenvalue weighted by Crippen LogP contribution is -2.49. The van der Waals surface area contributed by atoms with Crippen LogP contribution in [0, 0.1) is 20.8 Å². The minimum atomic E-state index is 0.125. The second-order valence-corrected chi connectivity index (χ2v) is 6.91. The summed E-state index contributed by atoms with van der Waals surface area (Å²) in [6, 6.07) is 11.9. The third kappa shape index (κ3) is 3.27. The van der Waals surface area contributed by atoms with E-state index >= 15 is 0 Å². The Hall–Kier alpha value is -2.00. The maximum absolute atomic E-state index is 12.7. The van der Waals surface area contributed by atoms with Crippen molar-refractivity contribution in [2.45, 2.75) is 20.8 Å². The van der Waals surface area contributed by atoms with E-state index in [-0.39, 0.29) is 5.91 Å². The van der Waals surface area contributed by atoms with Gasteiger partial charge < -0.3 is 9.80 Å². The summed E-state index contributed by atoms with van der Waals surface area (Å²) in [5, 5.41) is 0.797. The first-order valence-corrected chi connectivity index (χ1v) is 8.72. The van der Waals surface area contributed by atoms with Gasteiger partial charge >= 0.3 is 0 Å². The summed E-state index contributed by atoms with van der Waals surface area (Å²) < 4.78 is 0. The molecular weight excluding hydrogens is 320 g/mol. The Bertz CT molecular complexity index is 741. The van der Waals surface area contributed by atoms with Crippen molar-refractivity contribution in [3.8, 4) is 0 Å². The van der Waals surface area contributed by atoms with Crippen LogP contribution in [0.3, 0.4) is 0 Å². The summed E-state index contributed by atoms with van der Waals surface area (Å²) in [6.45, 7) is 9.19. The van der Waals surface area contributed by atoms with Crippen LogP contribution in [0.4, 0.5) is 5.69 Å². The third-order valence-corrected chi connectivity index (χ3v) is 4.95. The van der Waals surface area contributed by atoms with Gasteiger partial charge in [-0.1, -0.05) is 35.9 Å². The number of carbonyl (C=O) groups is 1. The molecule has 0 saturated carbocycles. The fraction of sp³-hybridized carbons (Fsp3) is 0.350. The van der Waals surface area contributed by atoms with Gasteiger partial charge in [0.05, 0.1) is 10.7 Å². The average Bonchev–Trinajstić information content (AvgIpc) is 2.54. The molecule has 1 amide bonds. The van der Waals surface area contributed by atoms with E-state index < -0.39 is 0 Å². The molecule has 4 heteroatoms. The average molecular weight is 343 g/mol. The fourth-order valence-corrected chi connectivity index (χ4v) is 3.87. The van der Waals surface area contributed by atoms with Crippen LogP contribution in [0.5, 0.6) is 0 Å². The van der Waals surface area contributed by atoms with Crippen molar-refractivity contribution in [1.29, 1.82) is 0 Å². The van der Waals surface area contributed by atoms with Gasteiger partial charge in [-0.25, -0.2) is 0 Å². The number of halogens is 1. The van der Waals surface area contributed by atoms with Gasteiger partial charge in [0, 0.05) is 31.7 Å². The minimum Gasteiger partial charge on any atom is -0.367 e. The number of nitrogens with zero attached hydrogens (tertiary/aromatic N) is 2. The maximum atomic E-state index is 12.7. The normalized spacial score (nSPS) is 14.8. The van der Waals surface area contributed by atoms with E-state index in [2.05, 4.69) is 24.8 Å². The van der Waals surface area contributed by atoms with Crippen LogP contribution in [0.2, 0.25) is 5.02 Å². The van der Waals surface area contributed by atoms with E-state index in [1.165, 1.54) is 11.1 Å². The number of carbonyl (C=O) groups excluding carboxylic acids is 1. The lowest BCUT2D eigenvalue weighted by atomic mass is 10.1. The molecule has 1 saturated heterocycles. The van der Waals surface area contributed by atoms with Crippen LogP contribution in [0.15, 0.2) is 36.4 Å². The number of hydrogen-bond donors (Lipinski definition) is 0. The van der Waals surface area contributed by atoms with Gasteiger partial charge in [0.2, 0.25) is 0 Å². The number of rotatable bonds is 2. The Morgan fingerprint density at radius 2 is 1.62 bits per heavy atom. The smallest absolute Gasteiger partial charge is 0.254 e. The molecule has 0 radical (unpaired) electrons. The zero-order valence-corrected chi connectivity index (χ0v) is 15.2. The predicted molar refractivity (Wildman–Crippen MR) is 100 cm³/mol. The number of anilines is 1. The van der Waals surface area contributed by atoms with E-state index in [0.717, 1.165) is 48.0 Å². The zero-order chi connectivity index (χ0) is 17.3. The highest BCUT2D eigenvalue weighted by atomic mass is 35.5. The third-order valence-electron chi connectivity index (χ3n) is 4.66. The second-order valence-electron chi connectivity index (χ2n) is 6.51. The molecule has 126 valence electrons. The molecule has 2 aromatic carbocycles. The van der Waals surface area contributed by atoms with Crippen LogP contribution in [-0.2, 0) is 0 Å². The number of aryl methyl sites for hydroxylation is 3. The van der Waals surface area contributed by atoms with Gasteiger partial charge in [-0.05, 0) is 49.6 Å². The molecule has 24 heavy (non-hydrogen) atoms. The molecule has 0 N–H and O–H groups in total. The molecular formula is C20H23ClN2O. The van der Waals surface area contributed by atoms with Crippen LogP contribution >= 0.6 is 11.6 Å². The van der Waals surface area contributed by atoms with Crippen molar-refractivity contribution < 1.29 is 4.79 Å². The lowest BCUT2D eigenvalue weighted by molar-refractivity contribution is 0.0746. The SMILES string of the molecule is Cc1cc(C)c(N2CCN(C(=O)c3ccccc3C)CC2)c(Cl)c1.